The maximum Gasteiger partial charge on any atom is 0.303 e. The quantitative estimate of drug-likeness (QED) is 0.646. The predicted molar refractivity (Wildman–Crippen MR) is 65.0 cm³/mol. The van der Waals surface area contributed by atoms with Crippen LogP contribution in [0.3, 0.4) is 0 Å². The van der Waals surface area contributed by atoms with Crippen molar-refractivity contribution in [2.45, 2.75) is 24.1 Å². The average Bonchev–Trinajstić information content (AvgIpc) is 2.28. The summed E-state index contributed by atoms with van der Waals surface area (Å²) in [6, 6.07) is 8.99. The summed E-state index contributed by atoms with van der Waals surface area (Å²) in [6.45, 7) is 0. The minimum absolute atomic E-state index is 0.00555. The molecule has 0 saturated carbocycles. The van der Waals surface area contributed by atoms with E-state index < -0.39 is 5.97 Å². The first-order chi connectivity index (χ1) is 7.61. The molecule has 1 atom stereocenters. The molecule has 0 heterocycles. The van der Waals surface area contributed by atoms with Crippen molar-refractivity contribution in [1.29, 1.82) is 0 Å². The Morgan fingerprint density at radius 3 is 2.44 bits per heavy atom. The standard InChI is InChI=1S/C12H13BrO3/c13-10(7-4-8-11(14)15)12(16)9-5-2-1-3-6-9/h1-3,5-6,10H,4,7-8H2,(H,14,15). The van der Waals surface area contributed by atoms with Crippen LogP contribution in [0.25, 0.3) is 0 Å². The van der Waals surface area contributed by atoms with E-state index in [0.717, 1.165) is 0 Å². The molecular weight excluding hydrogens is 272 g/mol. The molecule has 1 aromatic carbocycles. The number of carbonyl (C=O) groups is 2. The Hall–Kier alpha value is -1.16. The molecular formula is C12H13BrO3. The van der Waals surface area contributed by atoms with Crippen molar-refractivity contribution in [2.75, 3.05) is 0 Å². The number of ketones is 1. The zero-order valence-electron chi connectivity index (χ0n) is 8.73. The van der Waals surface area contributed by atoms with Gasteiger partial charge in [-0.3, -0.25) is 9.59 Å². The second-order valence-electron chi connectivity index (χ2n) is 3.48. The van der Waals surface area contributed by atoms with Gasteiger partial charge in [-0.05, 0) is 12.8 Å². The van der Waals surface area contributed by atoms with E-state index in [-0.39, 0.29) is 17.0 Å². The number of halogens is 1. The van der Waals surface area contributed by atoms with E-state index in [1.165, 1.54) is 0 Å². The maximum atomic E-state index is 11.8. The normalized spacial score (nSPS) is 12.1. The van der Waals surface area contributed by atoms with Crippen molar-refractivity contribution in [1.82, 2.24) is 0 Å². The molecule has 1 aromatic rings. The SMILES string of the molecule is O=C(O)CCCC(Br)C(=O)c1ccccc1. The molecule has 0 fully saturated rings. The van der Waals surface area contributed by atoms with Crippen molar-refractivity contribution in [3.8, 4) is 0 Å². The highest BCUT2D eigenvalue weighted by atomic mass is 79.9. The first kappa shape index (κ1) is 12.9. The van der Waals surface area contributed by atoms with Crippen molar-refractivity contribution >= 4 is 27.7 Å². The van der Waals surface area contributed by atoms with E-state index in [1.807, 2.05) is 18.2 Å². The number of aliphatic carboxylic acids is 1. The van der Waals surface area contributed by atoms with Crippen molar-refractivity contribution in [3.05, 3.63) is 35.9 Å². The smallest absolute Gasteiger partial charge is 0.303 e. The van der Waals surface area contributed by atoms with E-state index >= 15 is 0 Å². The second kappa shape index (κ2) is 6.43. The number of carboxylic acids is 1. The van der Waals surface area contributed by atoms with Gasteiger partial charge in [0, 0.05) is 12.0 Å². The number of alkyl halides is 1. The molecule has 0 spiro atoms. The van der Waals surface area contributed by atoms with Crippen molar-refractivity contribution in [2.24, 2.45) is 0 Å². The van der Waals surface area contributed by atoms with Crippen LogP contribution in [0.15, 0.2) is 30.3 Å². The second-order valence-corrected chi connectivity index (χ2v) is 4.59. The minimum atomic E-state index is -0.827. The Balaban J connectivity index is 2.45. The summed E-state index contributed by atoms with van der Waals surface area (Å²) in [5.74, 6) is -0.821. The summed E-state index contributed by atoms with van der Waals surface area (Å²) in [5, 5.41) is 8.48. The summed E-state index contributed by atoms with van der Waals surface area (Å²) in [4.78, 5) is 21.8. The van der Waals surface area contributed by atoms with Crippen LogP contribution >= 0.6 is 15.9 Å². The van der Waals surface area contributed by atoms with Gasteiger partial charge in [-0.1, -0.05) is 46.3 Å². The van der Waals surface area contributed by atoms with Crippen molar-refractivity contribution in [3.63, 3.8) is 0 Å². The van der Waals surface area contributed by atoms with E-state index in [4.69, 9.17) is 5.11 Å². The van der Waals surface area contributed by atoms with Gasteiger partial charge in [-0.2, -0.15) is 0 Å². The van der Waals surface area contributed by atoms with Gasteiger partial charge in [0.05, 0.1) is 4.83 Å². The molecule has 0 radical (unpaired) electrons. The third-order valence-corrected chi connectivity index (χ3v) is 3.06. The molecule has 1 unspecified atom stereocenters. The molecule has 0 aromatic heterocycles. The van der Waals surface area contributed by atoms with Gasteiger partial charge in [-0.15, -0.1) is 0 Å². The molecule has 0 bridgehead atoms. The van der Waals surface area contributed by atoms with Crippen molar-refractivity contribution < 1.29 is 14.7 Å². The Bertz CT molecular complexity index is 362. The van der Waals surface area contributed by atoms with E-state index in [2.05, 4.69) is 15.9 Å². The van der Waals surface area contributed by atoms with Crippen LogP contribution < -0.4 is 0 Å². The van der Waals surface area contributed by atoms with Gasteiger partial charge in [0.25, 0.3) is 0 Å². The molecule has 3 nitrogen and oxygen atoms in total. The molecule has 1 rings (SSSR count). The number of Topliss-reactive ketones (excluding diaryl/α,β-unsaturated/α-hetero) is 1. The molecule has 16 heavy (non-hydrogen) atoms. The number of carbonyl (C=O) groups excluding carboxylic acids is 1. The van der Waals surface area contributed by atoms with Gasteiger partial charge < -0.3 is 5.11 Å². The first-order valence-electron chi connectivity index (χ1n) is 5.06. The Kier molecular flexibility index (Phi) is 5.19. The Morgan fingerprint density at radius 1 is 1.25 bits per heavy atom. The minimum Gasteiger partial charge on any atom is -0.481 e. The molecule has 0 aliphatic rings. The largest absolute Gasteiger partial charge is 0.481 e. The van der Waals surface area contributed by atoms with Gasteiger partial charge in [0.1, 0.15) is 0 Å². The van der Waals surface area contributed by atoms with Crippen LogP contribution in [0.1, 0.15) is 29.6 Å². The third kappa shape index (κ3) is 4.14. The molecule has 0 saturated heterocycles. The van der Waals surface area contributed by atoms with Gasteiger partial charge in [-0.25, -0.2) is 0 Å². The Morgan fingerprint density at radius 2 is 1.88 bits per heavy atom. The average molecular weight is 285 g/mol. The maximum absolute atomic E-state index is 11.8. The van der Waals surface area contributed by atoms with Crippen LogP contribution in [0, 0.1) is 0 Å². The number of carboxylic acid groups (broad SMARTS) is 1. The highest BCUT2D eigenvalue weighted by molar-refractivity contribution is 9.10. The van der Waals surface area contributed by atoms with Gasteiger partial charge in [0.15, 0.2) is 5.78 Å². The zero-order chi connectivity index (χ0) is 12.0. The molecule has 0 amide bonds. The molecule has 4 heteroatoms. The zero-order valence-corrected chi connectivity index (χ0v) is 10.3. The van der Waals surface area contributed by atoms with E-state index in [9.17, 15) is 9.59 Å². The van der Waals surface area contributed by atoms with Crippen LogP contribution in [0.5, 0.6) is 0 Å². The summed E-state index contributed by atoms with van der Waals surface area (Å²) in [7, 11) is 0. The topological polar surface area (TPSA) is 54.4 Å². The fourth-order valence-electron chi connectivity index (χ4n) is 1.35. The Labute approximate surface area is 103 Å². The molecule has 1 N–H and O–H groups in total. The summed E-state index contributed by atoms with van der Waals surface area (Å²) in [5.41, 5.74) is 0.653. The number of hydrogen-bond acceptors (Lipinski definition) is 2. The van der Waals surface area contributed by atoms with Gasteiger partial charge >= 0.3 is 5.97 Å². The highest BCUT2D eigenvalue weighted by Gasteiger charge is 2.16. The van der Waals surface area contributed by atoms with E-state index in [0.29, 0.717) is 18.4 Å². The van der Waals surface area contributed by atoms with E-state index in [1.54, 1.807) is 12.1 Å². The van der Waals surface area contributed by atoms with Crippen LogP contribution in [0.2, 0.25) is 0 Å². The lowest BCUT2D eigenvalue weighted by Gasteiger charge is -2.07. The van der Waals surface area contributed by atoms with Gasteiger partial charge in [0.2, 0.25) is 0 Å². The summed E-state index contributed by atoms with van der Waals surface area (Å²) >= 11 is 3.29. The summed E-state index contributed by atoms with van der Waals surface area (Å²) < 4.78 is 0. The fraction of sp³-hybridized carbons (Fsp3) is 0.333. The summed E-state index contributed by atoms with van der Waals surface area (Å²) in [6.07, 6.45) is 1.15. The first-order valence-corrected chi connectivity index (χ1v) is 5.98. The lowest BCUT2D eigenvalue weighted by molar-refractivity contribution is -0.137. The molecule has 0 aliphatic heterocycles. The number of benzene rings is 1. The lowest BCUT2D eigenvalue weighted by Crippen LogP contribution is -2.14. The van der Waals surface area contributed by atoms with Crippen LogP contribution in [-0.4, -0.2) is 21.7 Å². The number of rotatable bonds is 6. The molecule has 86 valence electrons. The lowest BCUT2D eigenvalue weighted by atomic mass is 10.0. The highest BCUT2D eigenvalue weighted by Crippen LogP contribution is 2.16. The molecule has 0 aliphatic carbocycles. The fourth-order valence-corrected chi connectivity index (χ4v) is 1.93. The van der Waals surface area contributed by atoms with Crippen LogP contribution in [-0.2, 0) is 4.79 Å². The third-order valence-electron chi connectivity index (χ3n) is 2.19. The number of hydrogen-bond donors (Lipinski definition) is 1. The predicted octanol–water partition coefficient (Wildman–Crippen LogP) is 2.89. The van der Waals surface area contributed by atoms with Crippen LogP contribution in [0.4, 0.5) is 0 Å². The monoisotopic (exact) mass is 284 g/mol.